The van der Waals surface area contributed by atoms with Crippen molar-refractivity contribution < 1.29 is 0 Å². The molecule has 0 heterocycles. The second-order valence-corrected chi connectivity index (χ2v) is 5.34. The molecule has 3 aromatic carbocycles. The predicted octanol–water partition coefficient (Wildman–Crippen LogP) is 5.98. The third-order valence-corrected chi connectivity index (χ3v) is 3.74. The largest absolute Gasteiger partial charge is 0.0843 e. The van der Waals surface area contributed by atoms with E-state index in [0.29, 0.717) is 0 Å². The van der Waals surface area contributed by atoms with Crippen molar-refractivity contribution in [3.8, 4) is 22.3 Å². The summed E-state index contributed by atoms with van der Waals surface area (Å²) in [5, 5.41) is 0.770. The highest BCUT2D eigenvalue weighted by Crippen LogP contribution is 2.28. The number of hydrogen-bond donors (Lipinski definition) is 0. The normalized spacial score (nSPS) is 10.5. The van der Waals surface area contributed by atoms with Gasteiger partial charge in [-0.25, -0.2) is 0 Å². The highest BCUT2D eigenvalue weighted by Gasteiger charge is 2.04. The summed E-state index contributed by atoms with van der Waals surface area (Å²) in [6.45, 7) is 2.15. The lowest BCUT2D eigenvalue weighted by Gasteiger charge is -2.09. The van der Waals surface area contributed by atoms with E-state index in [4.69, 9.17) is 11.6 Å². The van der Waals surface area contributed by atoms with E-state index < -0.39 is 0 Å². The van der Waals surface area contributed by atoms with Crippen LogP contribution in [0.5, 0.6) is 0 Å². The Labute approximate surface area is 124 Å². The third-order valence-electron chi connectivity index (χ3n) is 3.49. The lowest BCUT2D eigenvalue weighted by atomic mass is 9.96. The van der Waals surface area contributed by atoms with Gasteiger partial charge in [-0.15, -0.1) is 0 Å². The third kappa shape index (κ3) is 2.61. The van der Waals surface area contributed by atoms with Gasteiger partial charge in [-0.3, -0.25) is 0 Å². The zero-order valence-electron chi connectivity index (χ0n) is 11.3. The molecule has 0 amide bonds. The molecular weight excluding hydrogens is 264 g/mol. The van der Waals surface area contributed by atoms with Crippen molar-refractivity contribution in [3.05, 3.63) is 83.4 Å². The van der Waals surface area contributed by atoms with Gasteiger partial charge in [-0.05, 0) is 46.9 Å². The quantitative estimate of drug-likeness (QED) is 0.541. The van der Waals surface area contributed by atoms with Crippen LogP contribution in [0.25, 0.3) is 22.3 Å². The molecule has 0 fully saturated rings. The highest BCUT2D eigenvalue weighted by atomic mass is 35.5. The molecular formula is C19H15Cl. The number of benzene rings is 3. The van der Waals surface area contributed by atoms with E-state index in [2.05, 4.69) is 61.5 Å². The van der Waals surface area contributed by atoms with Gasteiger partial charge in [0.1, 0.15) is 0 Å². The van der Waals surface area contributed by atoms with Crippen molar-refractivity contribution >= 4 is 11.6 Å². The van der Waals surface area contributed by atoms with E-state index in [9.17, 15) is 0 Å². The molecule has 0 spiro atoms. The highest BCUT2D eigenvalue weighted by molar-refractivity contribution is 6.30. The van der Waals surface area contributed by atoms with Crippen LogP contribution in [-0.4, -0.2) is 0 Å². The molecule has 0 unspecified atom stereocenters. The van der Waals surface area contributed by atoms with E-state index in [1.807, 2.05) is 18.2 Å². The van der Waals surface area contributed by atoms with Crippen LogP contribution >= 0.6 is 11.6 Å². The minimum atomic E-state index is 0.770. The van der Waals surface area contributed by atoms with E-state index in [-0.39, 0.29) is 0 Å². The fraction of sp³-hybridized carbons (Fsp3) is 0.0526. The maximum absolute atomic E-state index is 5.94. The number of halogens is 1. The molecule has 0 N–H and O–H groups in total. The van der Waals surface area contributed by atoms with E-state index >= 15 is 0 Å². The monoisotopic (exact) mass is 278 g/mol. The molecule has 1 heteroatoms. The van der Waals surface area contributed by atoms with Gasteiger partial charge in [0, 0.05) is 5.02 Å². The maximum atomic E-state index is 5.94. The van der Waals surface area contributed by atoms with Crippen LogP contribution in [0.15, 0.2) is 72.8 Å². The molecule has 0 aliphatic carbocycles. The smallest absolute Gasteiger partial charge is 0.0406 e. The summed E-state index contributed by atoms with van der Waals surface area (Å²) in [6, 6.07) is 25.0. The second-order valence-electron chi connectivity index (χ2n) is 4.90. The summed E-state index contributed by atoms with van der Waals surface area (Å²) in [7, 11) is 0. The number of hydrogen-bond acceptors (Lipinski definition) is 0. The van der Waals surface area contributed by atoms with Crippen molar-refractivity contribution in [2.45, 2.75) is 6.92 Å². The Kier molecular flexibility index (Phi) is 3.58. The maximum Gasteiger partial charge on any atom is 0.0406 e. The molecule has 0 atom stereocenters. The van der Waals surface area contributed by atoms with Gasteiger partial charge in [0.25, 0.3) is 0 Å². The van der Waals surface area contributed by atoms with Crippen molar-refractivity contribution in [2.75, 3.05) is 0 Å². The molecule has 0 nitrogen and oxygen atoms in total. The topological polar surface area (TPSA) is 0 Å². The molecule has 0 aliphatic rings. The average Bonchev–Trinajstić information content (AvgIpc) is 2.49. The summed E-state index contributed by atoms with van der Waals surface area (Å²) >= 11 is 5.94. The first-order valence-corrected chi connectivity index (χ1v) is 7.04. The van der Waals surface area contributed by atoms with E-state index in [1.54, 1.807) is 0 Å². The lowest BCUT2D eigenvalue weighted by molar-refractivity contribution is 1.45. The SMILES string of the molecule is Cc1cc(-c2ccc(Cl)cc2)ccc1-c1ccccc1. The zero-order chi connectivity index (χ0) is 13.9. The lowest BCUT2D eigenvalue weighted by Crippen LogP contribution is -1.85. The minimum absolute atomic E-state index is 0.770. The molecule has 0 aliphatic heterocycles. The summed E-state index contributed by atoms with van der Waals surface area (Å²) < 4.78 is 0. The molecule has 20 heavy (non-hydrogen) atoms. The molecule has 3 aromatic rings. The van der Waals surface area contributed by atoms with Crippen LogP contribution in [0.4, 0.5) is 0 Å². The molecule has 3 rings (SSSR count). The Balaban J connectivity index is 2.01. The van der Waals surface area contributed by atoms with Crippen molar-refractivity contribution in [1.82, 2.24) is 0 Å². The Morgan fingerprint density at radius 3 is 1.95 bits per heavy atom. The Bertz CT molecular complexity index is 713. The summed E-state index contributed by atoms with van der Waals surface area (Å²) in [5.41, 5.74) is 6.23. The van der Waals surface area contributed by atoms with Gasteiger partial charge in [0.05, 0.1) is 0 Å². The van der Waals surface area contributed by atoms with E-state index in [0.717, 1.165) is 5.02 Å². The predicted molar refractivity (Wildman–Crippen MR) is 87.1 cm³/mol. The Hall–Kier alpha value is -2.05. The fourth-order valence-electron chi connectivity index (χ4n) is 2.43. The molecule has 0 saturated carbocycles. The molecule has 0 saturated heterocycles. The summed E-state index contributed by atoms with van der Waals surface area (Å²) in [6.07, 6.45) is 0. The molecule has 0 aromatic heterocycles. The average molecular weight is 279 g/mol. The summed E-state index contributed by atoms with van der Waals surface area (Å²) in [4.78, 5) is 0. The van der Waals surface area contributed by atoms with Crippen LogP contribution in [0.2, 0.25) is 5.02 Å². The second kappa shape index (κ2) is 5.52. The first-order chi connectivity index (χ1) is 9.74. The van der Waals surface area contributed by atoms with Gasteiger partial charge < -0.3 is 0 Å². The van der Waals surface area contributed by atoms with Gasteiger partial charge in [-0.2, -0.15) is 0 Å². The van der Waals surface area contributed by atoms with Crippen LogP contribution in [-0.2, 0) is 0 Å². The van der Waals surface area contributed by atoms with Crippen LogP contribution in [0, 0.1) is 6.92 Å². The minimum Gasteiger partial charge on any atom is -0.0843 e. The molecule has 0 bridgehead atoms. The van der Waals surface area contributed by atoms with Crippen molar-refractivity contribution in [3.63, 3.8) is 0 Å². The van der Waals surface area contributed by atoms with E-state index in [1.165, 1.54) is 27.8 Å². The van der Waals surface area contributed by atoms with Crippen LogP contribution < -0.4 is 0 Å². The van der Waals surface area contributed by atoms with Crippen LogP contribution in [0.3, 0.4) is 0 Å². The standard InChI is InChI=1S/C19H15Cl/c1-14-13-17(15-7-10-18(20)11-8-15)9-12-19(14)16-5-3-2-4-6-16/h2-13H,1H3. The van der Waals surface area contributed by atoms with Gasteiger partial charge >= 0.3 is 0 Å². The fourth-order valence-corrected chi connectivity index (χ4v) is 2.55. The first kappa shape index (κ1) is 13.0. The van der Waals surface area contributed by atoms with Gasteiger partial charge in [-0.1, -0.05) is 72.3 Å². The van der Waals surface area contributed by atoms with Gasteiger partial charge in [0.2, 0.25) is 0 Å². The summed E-state index contributed by atoms with van der Waals surface area (Å²) in [5.74, 6) is 0. The number of rotatable bonds is 2. The van der Waals surface area contributed by atoms with Crippen molar-refractivity contribution in [2.24, 2.45) is 0 Å². The van der Waals surface area contributed by atoms with Crippen LogP contribution in [0.1, 0.15) is 5.56 Å². The molecule has 98 valence electrons. The first-order valence-electron chi connectivity index (χ1n) is 6.66. The molecule has 0 radical (unpaired) electrons. The Morgan fingerprint density at radius 2 is 1.30 bits per heavy atom. The van der Waals surface area contributed by atoms with Gasteiger partial charge in [0.15, 0.2) is 0 Å². The Morgan fingerprint density at radius 1 is 0.650 bits per heavy atom. The number of aryl methyl sites for hydroxylation is 1. The van der Waals surface area contributed by atoms with Crippen molar-refractivity contribution in [1.29, 1.82) is 0 Å². The zero-order valence-corrected chi connectivity index (χ0v) is 12.1.